The maximum absolute atomic E-state index is 12.1. The molecule has 27 heavy (non-hydrogen) atoms. The second-order valence-electron chi connectivity index (χ2n) is 5.69. The molecule has 0 saturated carbocycles. The fourth-order valence-corrected chi connectivity index (χ4v) is 3.75. The van der Waals surface area contributed by atoms with E-state index in [9.17, 15) is 13.2 Å². The van der Waals surface area contributed by atoms with Gasteiger partial charge in [-0.3, -0.25) is 9.89 Å². The topological polar surface area (TPSA) is 131 Å². The molecule has 3 rings (SSSR count). The number of primary sulfonamides is 1. The minimum Gasteiger partial charge on any atom is -0.325 e. The Labute approximate surface area is 160 Å². The molecule has 0 radical (unpaired) electrons. The van der Waals surface area contributed by atoms with Gasteiger partial charge in [-0.1, -0.05) is 48.2 Å². The van der Waals surface area contributed by atoms with E-state index in [0.717, 1.165) is 5.56 Å². The summed E-state index contributed by atoms with van der Waals surface area (Å²) in [6.45, 7) is 1.63. The van der Waals surface area contributed by atoms with E-state index < -0.39 is 10.0 Å². The Bertz CT molecular complexity index is 1070. The number of nitrogens with two attached hydrogens (primary N) is 1. The first-order valence-electron chi connectivity index (χ1n) is 7.87. The number of sulfonamides is 1. The van der Waals surface area contributed by atoms with Crippen molar-refractivity contribution in [2.45, 2.75) is 17.0 Å². The normalized spacial score (nSPS) is 11.3. The van der Waals surface area contributed by atoms with Crippen LogP contribution in [0.5, 0.6) is 0 Å². The van der Waals surface area contributed by atoms with E-state index in [1.165, 1.54) is 17.8 Å². The number of nitrogens with zero attached hydrogens (tertiary/aromatic N) is 2. The molecule has 0 aliphatic carbocycles. The molecule has 0 saturated heterocycles. The average molecular weight is 403 g/mol. The third-order valence-electron chi connectivity index (χ3n) is 3.62. The van der Waals surface area contributed by atoms with Gasteiger partial charge in [0.25, 0.3) is 0 Å². The van der Waals surface area contributed by atoms with Gasteiger partial charge in [0.15, 0.2) is 5.82 Å². The van der Waals surface area contributed by atoms with Crippen LogP contribution < -0.4 is 10.5 Å². The standard InChI is InChI=1S/C17H17N5O3S2/c1-11-7-8-13(9-14(11)27(18,24)25)19-15(23)10-26-17-20-16(21-22-17)12-5-3-2-4-6-12/h2-9H,10H2,1H3,(H,19,23)(H2,18,24,25)(H,20,21,22). The molecule has 0 fully saturated rings. The zero-order valence-electron chi connectivity index (χ0n) is 14.3. The highest BCUT2D eigenvalue weighted by Gasteiger charge is 2.14. The van der Waals surface area contributed by atoms with Crippen molar-refractivity contribution in [1.29, 1.82) is 0 Å². The van der Waals surface area contributed by atoms with E-state index in [2.05, 4.69) is 20.5 Å². The van der Waals surface area contributed by atoms with Crippen LogP contribution >= 0.6 is 11.8 Å². The summed E-state index contributed by atoms with van der Waals surface area (Å²) in [6, 6.07) is 14.1. The number of carbonyl (C=O) groups is 1. The van der Waals surface area contributed by atoms with Crippen molar-refractivity contribution in [1.82, 2.24) is 15.2 Å². The molecule has 4 N–H and O–H groups in total. The number of aryl methyl sites for hydroxylation is 1. The van der Waals surface area contributed by atoms with Crippen LogP contribution in [-0.4, -0.2) is 35.3 Å². The van der Waals surface area contributed by atoms with Crippen LogP contribution in [0.2, 0.25) is 0 Å². The average Bonchev–Trinajstić information content (AvgIpc) is 3.10. The molecule has 0 aliphatic rings. The van der Waals surface area contributed by atoms with Gasteiger partial charge < -0.3 is 5.32 Å². The molecule has 0 aliphatic heterocycles. The van der Waals surface area contributed by atoms with Crippen LogP contribution in [0.15, 0.2) is 58.6 Å². The second-order valence-corrected chi connectivity index (χ2v) is 8.17. The summed E-state index contributed by atoms with van der Waals surface area (Å²) in [5, 5.41) is 15.2. The molecule has 1 heterocycles. The highest BCUT2D eigenvalue weighted by atomic mass is 32.2. The molecule has 0 spiro atoms. The van der Waals surface area contributed by atoms with Crippen LogP contribution in [0, 0.1) is 6.92 Å². The summed E-state index contributed by atoms with van der Waals surface area (Å²) in [5.74, 6) is 0.384. The maximum Gasteiger partial charge on any atom is 0.238 e. The number of H-pyrrole nitrogens is 1. The first kappa shape index (κ1) is 19.1. The summed E-state index contributed by atoms with van der Waals surface area (Å²) in [7, 11) is -3.85. The van der Waals surface area contributed by atoms with E-state index in [-0.39, 0.29) is 16.6 Å². The number of carbonyl (C=O) groups excluding carboxylic acids is 1. The van der Waals surface area contributed by atoms with Crippen LogP contribution in [0.4, 0.5) is 5.69 Å². The number of nitrogens with one attached hydrogen (secondary N) is 2. The Morgan fingerprint density at radius 1 is 1.22 bits per heavy atom. The van der Waals surface area contributed by atoms with Crippen molar-refractivity contribution in [3.05, 3.63) is 54.1 Å². The molecule has 140 valence electrons. The van der Waals surface area contributed by atoms with Gasteiger partial charge in [-0.25, -0.2) is 18.5 Å². The Hall–Kier alpha value is -2.69. The van der Waals surface area contributed by atoms with Crippen molar-refractivity contribution in [2.75, 3.05) is 11.1 Å². The van der Waals surface area contributed by atoms with E-state index in [4.69, 9.17) is 5.14 Å². The smallest absolute Gasteiger partial charge is 0.238 e. The maximum atomic E-state index is 12.1. The van der Waals surface area contributed by atoms with Crippen molar-refractivity contribution < 1.29 is 13.2 Å². The van der Waals surface area contributed by atoms with E-state index in [1.807, 2.05) is 30.3 Å². The molecule has 1 amide bonds. The third kappa shape index (κ3) is 4.94. The largest absolute Gasteiger partial charge is 0.325 e. The summed E-state index contributed by atoms with van der Waals surface area (Å²) in [5.41, 5.74) is 1.77. The molecule has 10 heteroatoms. The minimum atomic E-state index is -3.85. The van der Waals surface area contributed by atoms with Gasteiger partial charge in [0.1, 0.15) is 0 Å². The van der Waals surface area contributed by atoms with Crippen LogP contribution in [0.1, 0.15) is 5.56 Å². The minimum absolute atomic E-state index is 0.0191. The Kier molecular flexibility index (Phi) is 5.59. The molecule has 2 aromatic carbocycles. The van der Waals surface area contributed by atoms with E-state index in [0.29, 0.717) is 22.2 Å². The number of anilines is 1. The number of hydrogen-bond acceptors (Lipinski definition) is 6. The van der Waals surface area contributed by atoms with Crippen molar-refractivity contribution in [2.24, 2.45) is 5.14 Å². The fourth-order valence-electron chi connectivity index (χ4n) is 2.35. The number of amides is 1. The molecular weight excluding hydrogens is 386 g/mol. The number of benzene rings is 2. The van der Waals surface area contributed by atoms with Crippen molar-refractivity contribution in [3.8, 4) is 11.4 Å². The van der Waals surface area contributed by atoms with Gasteiger partial charge in [-0.15, -0.1) is 5.10 Å². The van der Waals surface area contributed by atoms with E-state index in [1.54, 1.807) is 19.1 Å². The monoisotopic (exact) mass is 403 g/mol. The number of thioether (sulfide) groups is 1. The first-order valence-corrected chi connectivity index (χ1v) is 10.4. The molecular formula is C17H17N5O3S2. The molecule has 1 aromatic heterocycles. The predicted octanol–water partition coefficient (Wildman–Crippen LogP) is 2.16. The SMILES string of the molecule is Cc1ccc(NC(=O)CSc2n[nH]c(-c3ccccc3)n2)cc1S(N)(=O)=O. The van der Waals surface area contributed by atoms with Gasteiger partial charge in [0.05, 0.1) is 10.6 Å². The first-order chi connectivity index (χ1) is 12.8. The number of rotatable bonds is 6. The van der Waals surface area contributed by atoms with Gasteiger partial charge in [-0.2, -0.15) is 0 Å². The molecule has 0 unspecified atom stereocenters. The van der Waals surface area contributed by atoms with Crippen LogP contribution in [-0.2, 0) is 14.8 Å². The van der Waals surface area contributed by atoms with Crippen molar-refractivity contribution in [3.63, 3.8) is 0 Å². The lowest BCUT2D eigenvalue weighted by molar-refractivity contribution is -0.113. The predicted molar refractivity (Wildman–Crippen MR) is 104 cm³/mol. The van der Waals surface area contributed by atoms with Gasteiger partial charge in [0.2, 0.25) is 21.1 Å². The number of aromatic nitrogens is 3. The highest BCUT2D eigenvalue weighted by molar-refractivity contribution is 7.99. The molecule has 0 atom stereocenters. The Balaban J connectivity index is 1.62. The van der Waals surface area contributed by atoms with Crippen LogP contribution in [0.25, 0.3) is 11.4 Å². The lowest BCUT2D eigenvalue weighted by Gasteiger charge is -2.08. The van der Waals surface area contributed by atoms with Crippen LogP contribution in [0.3, 0.4) is 0 Å². The highest BCUT2D eigenvalue weighted by Crippen LogP contribution is 2.21. The summed E-state index contributed by atoms with van der Waals surface area (Å²) in [4.78, 5) is 16.4. The second kappa shape index (κ2) is 7.91. The molecule has 3 aromatic rings. The molecule has 0 bridgehead atoms. The summed E-state index contributed by atoms with van der Waals surface area (Å²) in [6.07, 6.45) is 0. The van der Waals surface area contributed by atoms with Gasteiger partial charge in [-0.05, 0) is 24.6 Å². The molecule has 8 nitrogen and oxygen atoms in total. The van der Waals surface area contributed by atoms with Gasteiger partial charge >= 0.3 is 0 Å². The Morgan fingerprint density at radius 2 is 1.96 bits per heavy atom. The quantitative estimate of drug-likeness (QED) is 0.541. The third-order valence-corrected chi connectivity index (χ3v) is 5.52. The summed E-state index contributed by atoms with van der Waals surface area (Å²) < 4.78 is 23.1. The lowest BCUT2D eigenvalue weighted by Crippen LogP contribution is -2.17. The zero-order valence-corrected chi connectivity index (χ0v) is 16.0. The fraction of sp³-hybridized carbons (Fsp3) is 0.118. The number of aromatic amines is 1. The van der Waals surface area contributed by atoms with Crippen molar-refractivity contribution >= 4 is 33.4 Å². The Morgan fingerprint density at radius 3 is 2.67 bits per heavy atom. The van der Waals surface area contributed by atoms with E-state index >= 15 is 0 Å². The lowest BCUT2D eigenvalue weighted by atomic mass is 10.2. The number of hydrogen-bond donors (Lipinski definition) is 3. The zero-order chi connectivity index (χ0) is 19.4. The van der Waals surface area contributed by atoms with Gasteiger partial charge in [0, 0.05) is 11.3 Å². The summed E-state index contributed by atoms with van der Waals surface area (Å²) >= 11 is 1.17.